The molecule has 1 fully saturated rings. The summed E-state index contributed by atoms with van der Waals surface area (Å²) in [7, 11) is 0. The number of allylic oxidation sites excluding steroid dienone is 1. The summed E-state index contributed by atoms with van der Waals surface area (Å²) in [6.07, 6.45) is 4.75. The largest absolute Gasteiger partial charge is 0.477 e. The summed E-state index contributed by atoms with van der Waals surface area (Å²) >= 11 is 0. The first kappa shape index (κ1) is 20.8. The van der Waals surface area contributed by atoms with Crippen LogP contribution in [-0.4, -0.2) is 47.8 Å². The molecule has 1 unspecified atom stereocenters. The van der Waals surface area contributed by atoms with Gasteiger partial charge in [-0.05, 0) is 31.9 Å². The molecule has 1 amide bonds. The molecule has 1 heterocycles. The van der Waals surface area contributed by atoms with Crippen LogP contribution in [-0.2, 0) is 19.1 Å². The van der Waals surface area contributed by atoms with Gasteiger partial charge in [-0.1, -0.05) is 30.4 Å². The van der Waals surface area contributed by atoms with Crippen LogP contribution < -0.4 is 5.32 Å². The number of Topliss-reactive ketones (excluding diaryl/α,β-unsaturated/α-hetero) is 1. The molecule has 0 bridgehead atoms. The lowest BCUT2D eigenvalue weighted by Gasteiger charge is -2.33. The molecular weight excluding hydrogens is 350 g/mol. The van der Waals surface area contributed by atoms with Crippen LogP contribution in [0, 0.1) is 5.92 Å². The molecule has 0 aliphatic carbocycles. The Morgan fingerprint density at radius 3 is 2.41 bits per heavy atom. The molecule has 1 aromatic rings. The van der Waals surface area contributed by atoms with Gasteiger partial charge in [0, 0.05) is 18.4 Å². The van der Waals surface area contributed by atoms with Gasteiger partial charge in [0.05, 0.1) is 19.3 Å². The molecule has 2 rings (SSSR count). The van der Waals surface area contributed by atoms with Crippen LogP contribution >= 0.6 is 0 Å². The highest BCUT2D eigenvalue weighted by atomic mass is 16.7. The summed E-state index contributed by atoms with van der Waals surface area (Å²) in [5, 5.41) is 11.8. The monoisotopic (exact) mass is 375 g/mol. The second kappa shape index (κ2) is 9.43. The fourth-order valence-electron chi connectivity index (χ4n) is 2.58. The highest BCUT2D eigenvalue weighted by molar-refractivity contribution is 5.97. The number of ether oxygens (including phenoxy) is 2. The van der Waals surface area contributed by atoms with Crippen LogP contribution in [0.25, 0.3) is 0 Å². The standard InChI is InChI=1S/C20H25NO6/c1-14(22)17(21-18(23)16-9-4-3-5-10-16)11-7-6-8-15-12-26-20(2,19(24)25)27-13-15/h3-7,9-10,15,17H,8,11-13H2,1-2H3,(H,21,23)(H,24,25)/b7-6+/t15-,17?,20+. The van der Waals surface area contributed by atoms with Gasteiger partial charge in [-0.15, -0.1) is 0 Å². The third-order valence-electron chi connectivity index (χ3n) is 4.42. The van der Waals surface area contributed by atoms with Gasteiger partial charge in [-0.3, -0.25) is 9.59 Å². The lowest BCUT2D eigenvalue weighted by atomic mass is 10.0. The number of benzene rings is 1. The minimum atomic E-state index is -1.58. The molecule has 7 nitrogen and oxygen atoms in total. The average Bonchev–Trinajstić information content (AvgIpc) is 2.66. The minimum Gasteiger partial charge on any atom is -0.477 e. The topological polar surface area (TPSA) is 102 Å². The van der Waals surface area contributed by atoms with Crippen molar-refractivity contribution in [2.24, 2.45) is 5.92 Å². The first-order valence-electron chi connectivity index (χ1n) is 8.84. The van der Waals surface area contributed by atoms with Crippen LogP contribution in [0.15, 0.2) is 42.5 Å². The fraction of sp³-hybridized carbons (Fsp3) is 0.450. The summed E-state index contributed by atoms with van der Waals surface area (Å²) in [4.78, 5) is 35.0. The minimum absolute atomic E-state index is 0.0448. The SMILES string of the molecule is CC(=O)C(C/C=C/C[C@H]1CO[C@@](C)(C(=O)O)OC1)NC(=O)c1ccccc1. The van der Waals surface area contributed by atoms with E-state index in [2.05, 4.69) is 5.32 Å². The number of carboxylic acid groups (broad SMARTS) is 1. The van der Waals surface area contributed by atoms with Crippen molar-refractivity contribution in [2.45, 2.75) is 38.5 Å². The van der Waals surface area contributed by atoms with Gasteiger partial charge in [0.25, 0.3) is 11.7 Å². The van der Waals surface area contributed by atoms with Crippen LogP contribution in [0.3, 0.4) is 0 Å². The van der Waals surface area contributed by atoms with Crippen molar-refractivity contribution >= 4 is 17.7 Å². The van der Waals surface area contributed by atoms with Crippen molar-refractivity contribution in [3.05, 3.63) is 48.0 Å². The van der Waals surface area contributed by atoms with E-state index in [9.17, 15) is 14.4 Å². The number of amides is 1. The Morgan fingerprint density at radius 1 is 1.22 bits per heavy atom. The molecule has 0 radical (unpaired) electrons. The van der Waals surface area contributed by atoms with Gasteiger partial charge in [-0.25, -0.2) is 4.79 Å². The molecule has 27 heavy (non-hydrogen) atoms. The van der Waals surface area contributed by atoms with Crippen molar-refractivity contribution in [3.8, 4) is 0 Å². The highest BCUT2D eigenvalue weighted by Gasteiger charge is 2.40. The Labute approximate surface area is 158 Å². The fourth-order valence-corrected chi connectivity index (χ4v) is 2.58. The molecule has 1 aliphatic rings. The summed E-state index contributed by atoms with van der Waals surface area (Å²) in [6, 6.07) is 8.14. The number of carbonyl (C=O) groups is 3. The zero-order valence-electron chi connectivity index (χ0n) is 15.5. The molecule has 1 saturated heterocycles. The first-order valence-corrected chi connectivity index (χ1v) is 8.84. The molecule has 146 valence electrons. The van der Waals surface area contributed by atoms with E-state index in [0.29, 0.717) is 18.4 Å². The second-order valence-corrected chi connectivity index (χ2v) is 6.68. The lowest BCUT2D eigenvalue weighted by molar-refractivity contribution is -0.270. The van der Waals surface area contributed by atoms with Crippen molar-refractivity contribution in [3.63, 3.8) is 0 Å². The van der Waals surface area contributed by atoms with Crippen LogP contribution in [0.2, 0.25) is 0 Å². The summed E-state index contributed by atoms with van der Waals surface area (Å²) < 4.78 is 10.6. The Bertz CT molecular complexity index is 692. The molecule has 7 heteroatoms. The van der Waals surface area contributed by atoms with Crippen LogP contribution in [0.1, 0.15) is 37.0 Å². The third kappa shape index (κ3) is 6.01. The van der Waals surface area contributed by atoms with Crippen molar-refractivity contribution in [2.75, 3.05) is 13.2 Å². The second-order valence-electron chi connectivity index (χ2n) is 6.68. The maximum atomic E-state index is 12.2. The molecular formula is C20H25NO6. The number of carboxylic acids is 1. The van der Waals surface area contributed by atoms with E-state index >= 15 is 0 Å². The number of ketones is 1. The van der Waals surface area contributed by atoms with Gasteiger partial charge in [0.15, 0.2) is 5.78 Å². The maximum absolute atomic E-state index is 12.2. The van der Waals surface area contributed by atoms with E-state index < -0.39 is 17.8 Å². The average molecular weight is 375 g/mol. The van der Waals surface area contributed by atoms with E-state index in [4.69, 9.17) is 14.6 Å². The molecule has 0 saturated carbocycles. The zero-order valence-corrected chi connectivity index (χ0v) is 15.5. The molecule has 0 aromatic heterocycles. The summed E-state index contributed by atoms with van der Waals surface area (Å²) in [6.45, 7) is 3.40. The highest BCUT2D eigenvalue weighted by Crippen LogP contribution is 2.23. The Kier molecular flexibility index (Phi) is 7.27. The molecule has 1 atom stereocenters. The Hall–Kier alpha value is -2.51. The van der Waals surface area contributed by atoms with Crippen LogP contribution in [0.4, 0.5) is 0 Å². The maximum Gasteiger partial charge on any atom is 0.364 e. The van der Waals surface area contributed by atoms with E-state index in [1.807, 2.05) is 18.2 Å². The zero-order chi connectivity index (χ0) is 19.9. The predicted molar refractivity (Wildman–Crippen MR) is 98.2 cm³/mol. The first-order chi connectivity index (χ1) is 12.8. The van der Waals surface area contributed by atoms with E-state index in [-0.39, 0.29) is 30.8 Å². The van der Waals surface area contributed by atoms with Crippen LogP contribution in [0.5, 0.6) is 0 Å². The Balaban J connectivity index is 1.80. The van der Waals surface area contributed by atoms with Gasteiger partial charge in [0.1, 0.15) is 0 Å². The number of carbonyl (C=O) groups excluding carboxylic acids is 2. The summed E-state index contributed by atoms with van der Waals surface area (Å²) in [5.74, 6) is -3.09. The predicted octanol–water partition coefficient (Wildman–Crippen LogP) is 2.17. The normalized spacial score (nSPS) is 23.7. The smallest absolute Gasteiger partial charge is 0.364 e. The van der Waals surface area contributed by atoms with Crippen molar-refractivity contribution in [1.29, 1.82) is 0 Å². The number of hydrogen-bond donors (Lipinski definition) is 2. The summed E-state index contributed by atoms with van der Waals surface area (Å²) in [5.41, 5.74) is 0.505. The van der Waals surface area contributed by atoms with Crippen molar-refractivity contribution < 1.29 is 29.0 Å². The quantitative estimate of drug-likeness (QED) is 0.675. The molecule has 1 aliphatic heterocycles. The van der Waals surface area contributed by atoms with Gasteiger partial charge in [-0.2, -0.15) is 0 Å². The van der Waals surface area contributed by atoms with E-state index in [1.165, 1.54) is 13.8 Å². The number of aliphatic carboxylic acids is 1. The third-order valence-corrected chi connectivity index (χ3v) is 4.42. The Morgan fingerprint density at radius 2 is 1.85 bits per heavy atom. The molecule has 1 aromatic carbocycles. The van der Waals surface area contributed by atoms with Gasteiger partial charge < -0.3 is 19.9 Å². The van der Waals surface area contributed by atoms with Gasteiger partial charge >= 0.3 is 5.97 Å². The molecule has 0 spiro atoms. The number of hydrogen-bond acceptors (Lipinski definition) is 5. The van der Waals surface area contributed by atoms with Gasteiger partial charge in [0.2, 0.25) is 0 Å². The van der Waals surface area contributed by atoms with E-state index in [1.54, 1.807) is 24.3 Å². The number of nitrogens with one attached hydrogen (secondary N) is 1. The molecule has 2 N–H and O–H groups in total. The number of rotatable bonds is 8. The lowest BCUT2D eigenvalue weighted by Crippen LogP contribution is -2.47. The van der Waals surface area contributed by atoms with Crippen molar-refractivity contribution in [1.82, 2.24) is 5.32 Å². The van der Waals surface area contributed by atoms with E-state index in [0.717, 1.165) is 0 Å².